The van der Waals surface area contributed by atoms with Gasteiger partial charge in [0, 0.05) is 18.9 Å². The number of carbonyl (C=O) groups excluding carboxylic acids is 2. The van der Waals surface area contributed by atoms with Crippen molar-refractivity contribution < 1.29 is 9.59 Å². The van der Waals surface area contributed by atoms with E-state index in [9.17, 15) is 9.59 Å². The molecule has 2 aliphatic carbocycles. The molecule has 0 spiro atoms. The highest BCUT2D eigenvalue weighted by Crippen LogP contribution is 2.54. The van der Waals surface area contributed by atoms with Crippen LogP contribution in [0, 0.1) is 17.8 Å². The van der Waals surface area contributed by atoms with Crippen molar-refractivity contribution in [1.82, 2.24) is 10.3 Å². The Kier molecular flexibility index (Phi) is 4.64. The zero-order chi connectivity index (χ0) is 14.8. The van der Waals surface area contributed by atoms with Crippen LogP contribution in [0.15, 0.2) is 10.5 Å². The molecule has 3 unspecified atom stereocenters. The lowest BCUT2D eigenvalue weighted by molar-refractivity contribution is -0.121. The topological polar surface area (TPSA) is 59.1 Å². The summed E-state index contributed by atoms with van der Waals surface area (Å²) in [5.74, 6) is 3.02. The summed E-state index contributed by atoms with van der Waals surface area (Å²) in [5.41, 5.74) is 0. The molecular weight excluding hydrogens is 304 g/mol. The largest absolute Gasteiger partial charge is 0.351 e. The molecule has 0 bridgehead atoms. The molecule has 21 heavy (non-hydrogen) atoms. The maximum Gasteiger partial charge on any atom is 0.263 e. The molecule has 0 radical (unpaired) electrons. The van der Waals surface area contributed by atoms with Crippen molar-refractivity contribution in [3.05, 3.63) is 11.1 Å². The molecule has 0 saturated heterocycles. The predicted octanol–water partition coefficient (Wildman–Crippen LogP) is 2.99. The monoisotopic (exact) mass is 324 g/mol. The number of fused-ring (bicyclic) bond motifs is 1. The zero-order valence-corrected chi connectivity index (χ0v) is 13.8. The van der Waals surface area contributed by atoms with Gasteiger partial charge in [-0.3, -0.25) is 9.59 Å². The highest BCUT2D eigenvalue weighted by molar-refractivity contribution is 8.01. The summed E-state index contributed by atoms with van der Waals surface area (Å²) >= 11 is 3.10. The number of nitrogens with one attached hydrogen (secondary N) is 1. The molecule has 1 aromatic rings. The van der Waals surface area contributed by atoms with Gasteiger partial charge >= 0.3 is 0 Å². The zero-order valence-electron chi connectivity index (χ0n) is 12.1. The third-order valence-corrected chi connectivity index (χ3v) is 6.36. The summed E-state index contributed by atoms with van der Waals surface area (Å²) in [5, 5.41) is 2.93. The fourth-order valence-corrected chi connectivity index (χ4v) is 4.98. The number of aromatic nitrogens is 1. The normalized spacial score (nSPS) is 26.7. The molecule has 2 fully saturated rings. The molecule has 6 heteroatoms. The predicted molar refractivity (Wildman–Crippen MR) is 84.8 cm³/mol. The van der Waals surface area contributed by atoms with E-state index in [2.05, 4.69) is 17.2 Å². The van der Waals surface area contributed by atoms with Crippen LogP contribution < -0.4 is 5.32 Å². The minimum atomic E-state index is -0.0440. The summed E-state index contributed by atoms with van der Waals surface area (Å²) in [4.78, 5) is 28.6. The van der Waals surface area contributed by atoms with E-state index in [1.807, 2.05) is 0 Å². The minimum Gasteiger partial charge on any atom is -0.351 e. The average Bonchev–Trinajstić information content (AvgIpc) is 2.93. The van der Waals surface area contributed by atoms with Crippen molar-refractivity contribution >= 4 is 34.8 Å². The molecule has 1 aromatic heterocycles. The van der Waals surface area contributed by atoms with E-state index in [1.165, 1.54) is 17.8 Å². The Labute approximate surface area is 133 Å². The molecule has 1 amide bonds. The van der Waals surface area contributed by atoms with Crippen molar-refractivity contribution in [2.45, 2.75) is 36.9 Å². The second-order valence-electron chi connectivity index (χ2n) is 5.76. The molecule has 2 aliphatic rings. The van der Waals surface area contributed by atoms with Gasteiger partial charge in [-0.1, -0.05) is 18.7 Å². The summed E-state index contributed by atoms with van der Waals surface area (Å²) in [6, 6.07) is 0. The standard InChI is InChI=1S/C15H20N2O2S2/c1-2-20-15-17-8-13(21-15)14(19)16-5-3-4-10-11-6-9(11)7-12(10)18/h8-11H,2-7H2,1H3,(H,16,19). The van der Waals surface area contributed by atoms with Crippen LogP contribution >= 0.6 is 23.1 Å². The van der Waals surface area contributed by atoms with E-state index in [0.717, 1.165) is 29.4 Å². The van der Waals surface area contributed by atoms with Gasteiger partial charge in [0.15, 0.2) is 4.34 Å². The second kappa shape index (κ2) is 6.48. The number of rotatable bonds is 7. The summed E-state index contributed by atoms with van der Waals surface area (Å²) in [7, 11) is 0. The number of hydrogen-bond donors (Lipinski definition) is 1. The molecule has 3 atom stereocenters. The first kappa shape index (κ1) is 15.0. The Hall–Kier alpha value is -0.880. The molecule has 3 rings (SSSR count). The Bertz CT molecular complexity index is 544. The number of ketones is 1. The lowest BCUT2D eigenvalue weighted by Crippen LogP contribution is -2.24. The number of Topliss-reactive ketones (excluding diaryl/α,β-unsaturated/α-hetero) is 1. The van der Waals surface area contributed by atoms with E-state index < -0.39 is 0 Å². The minimum absolute atomic E-state index is 0.0440. The van der Waals surface area contributed by atoms with Crippen molar-refractivity contribution in [2.75, 3.05) is 12.3 Å². The SMILES string of the molecule is CCSc1ncc(C(=O)NCCCC2C(=O)CC3CC32)s1. The number of thiazole rings is 1. The first-order valence-electron chi connectivity index (χ1n) is 7.58. The van der Waals surface area contributed by atoms with Crippen LogP contribution in [0.25, 0.3) is 0 Å². The Balaban J connectivity index is 1.38. The first-order chi connectivity index (χ1) is 10.2. The molecule has 0 aliphatic heterocycles. The van der Waals surface area contributed by atoms with Gasteiger partial charge in [0.2, 0.25) is 0 Å². The van der Waals surface area contributed by atoms with Gasteiger partial charge in [-0.2, -0.15) is 0 Å². The quantitative estimate of drug-likeness (QED) is 0.619. The first-order valence-corrected chi connectivity index (χ1v) is 9.38. The lowest BCUT2D eigenvalue weighted by atomic mass is 9.96. The van der Waals surface area contributed by atoms with Gasteiger partial charge in [-0.05, 0) is 36.9 Å². The molecule has 0 aromatic carbocycles. The van der Waals surface area contributed by atoms with Crippen molar-refractivity contribution in [3.63, 3.8) is 0 Å². The van der Waals surface area contributed by atoms with Crippen LogP contribution in [0.1, 0.15) is 42.3 Å². The highest BCUT2D eigenvalue weighted by Gasteiger charge is 2.52. The maximum absolute atomic E-state index is 12.0. The van der Waals surface area contributed by atoms with E-state index >= 15 is 0 Å². The third kappa shape index (κ3) is 3.48. The van der Waals surface area contributed by atoms with Gasteiger partial charge < -0.3 is 5.32 Å². The van der Waals surface area contributed by atoms with Gasteiger partial charge in [-0.25, -0.2) is 4.98 Å². The van der Waals surface area contributed by atoms with Gasteiger partial charge in [0.25, 0.3) is 5.91 Å². The second-order valence-corrected chi connectivity index (χ2v) is 8.30. The Morgan fingerprint density at radius 1 is 1.57 bits per heavy atom. The van der Waals surface area contributed by atoms with Gasteiger partial charge in [0.05, 0.1) is 6.20 Å². The fourth-order valence-electron chi connectivity index (χ4n) is 3.19. The van der Waals surface area contributed by atoms with Crippen LogP contribution in [0.2, 0.25) is 0 Å². The molecule has 4 nitrogen and oxygen atoms in total. The van der Waals surface area contributed by atoms with Gasteiger partial charge in [-0.15, -0.1) is 11.3 Å². The Morgan fingerprint density at radius 2 is 2.43 bits per heavy atom. The Morgan fingerprint density at radius 3 is 3.14 bits per heavy atom. The van der Waals surface area contributed by atoms with E-state index in [0.29, 0.717) is 29.0 Å². The number of amides is 1. The van der Waals surface area contributed by atoms with E-state index in [-0.39, 0.29) is 11.8 Å². The molecule has 2 saturated carbocycles. The van der Waals surface area contributed by atoms with Crippen LogP contribution in [0.5, 0.6) is 0 Å². The van der Waals surface area contributed by atoms with E-state index in [4.69, 9.17) is 0 Å². The van der Waals surface area contributed by atoms with E-state index in [1.54, 1.807) is 18.0 Å². The lowest BCUT2D eigenvalue weighted by Gasteiger charge is -2.10. The fraction of sp³-hybridized carbons (Fsp3) is 0.667. The van der Waals surface area contributed by atoms with Crippen molar-refractivity contribution in [1.29, 1.82) is 0 Å². The van der Waals surface area contributed by atoms with Crippen molar-refractivity contribution in [3.8, 4) is 0 Å². The van der Waals surface area contributed by atoms with Crippen LogP contribution in [0.4, 0.5) is 0 Å². The molecule has 114 valence electrons. The summed E-state index contributed by atoms with van der Waals surface area (Å²) in [6.07, 6.45) is 5.52. The smallest absolute Gasteiger partial charge is 0.263 e. The number of nitrogens with zero attached hydrogens (tertiary/aromatic N) is 1. The molecular formula is C15H20N2O2S2. The summed E-state index contributed by atoms with van der Waals surface area (Å²) in [6.45, 7) is 2.72. The molecule has 1 N–H and O–H groups in total. The average molecular weight is 324 g/mol. The van der Waals surface area contributed by atoms with Crippen molar-refractivity contribution in [2.24, 2.45) is 17.8 Å². The number of hydrogen-bond acceptors (Lipinski definition) is 5. The highest BCUT2D eigenvalue weighted by atomic mass is 32.2. The maximum atomic E-state index is 12.0. The van der Waals surface area contributed by atoms with Crippen LogP contribution in [-0.2, 0) is 4.79 Å². The molecule has 1 heterocycles. The van der Waals surface area contributed by atoms with Crippen LogP contribution in [0.3, 0.4) is 0 Å². The van der Waals surface area contributed by atoms with Gasteiger partial charge in [0.1, 0.15) is 10.7 Å². The number of thioether (sulfide) groups is 1. The van der Waals surface area contributed by atoms with Crippen LogP contribution in [-0.4, -0.2) is 29.0 Å². The third-order valence-electron chi connectivity index (χ3n) is 4.32. The summed E-state index contributed by atoms with van der Waals surface area (Å²) < 4.78 is 0.943. The number of carbonyl (C=O) groups is 2.